The number of thiazole rings is 1. The Balaban J connectivity index is 1.53. The maximum atomic E-state index is 14.0. The number of aryl methyl sites for hydroxylation is 1. The molecule has 0 bridgehead atoms. The second-order valence-corrected chi connectivity index (χ2v) is 12.9. The van der Waals surface area contributed by atoms with Crippen LogP contribution in [0, 0.1) is 6.92 Å². The van der Waals surface area contributed by atoms with Crippen molar-refractivity contribution in [2.75, 3.05) is 11.4 Å². The number of nitrogens with zero attached hydrogens (tertiary/aromatic N) is 4. The predicted molar refractivity (Wildman–Crippen MR) is 136 cm³/mol. The molecular weight excluding hydrogens is 512 g/mol. The molecule has 4 aromatic rings. The summed E-state index contributed by atoms with van der Waals surface area (Å²) in [6.45, 7) is 2.55. The molecule has 176 valence electrons. The Labute approximate surface area is 210 Å². The molecule has 1 unspecified atom stereocenters. The van der Waals surface area contributed by atoms with E-state index in [1.807, 2.05) is 37.3 Å². The molecule has 0 saturated carbocycles. The van der Waals surface area contributed by atoms with Gasteiger partial charge in [0.1, 0.15) is 10.3 Å². The van der Waals surface area contributed by atoms with Crippen molar-refractivity contribution in [1.82, 2.24) is 14.3 Å². The van der Waals surface area contributed by atoms with Crippen LogP contribution in [0.25, 0.3) is 10.2 Å². The molecule has 1 saturated heterocycles. The number of hydrogen-bond donors (Lipinski definition) is 0. The zero-order valence-corrected chi connectivity index (χ0v) is 21.4. The summed E-state index contributed by atoms with van der Waals surface area (Å²) in [5.41, 5.74) is 2.76. The van der Waals surface area contributed by atoms with Crippen LogP contribution in [0.1, 0.15) is 24.0 Å². The minimum atomic E-state index is -3.84. The molecule has 0 aliphatic carbocycles. The van der Waals surface area contributed by atoms with Crippen molar-refractivity contribution in [3.8, 4) is 0 Å². The summed E-state index contributed by atoms with van der Waals surface area (Å²) in [6.07, 6.45) is 4.41. The second kappa shape index (κ2) is 9.35. The van der Waals surface area contributed by atoms with Gasteiger partial charge in [-0.3, -0.25) is 14.7 Å². The zero-order valence-electron chi connectivity index (χ0n) is 18.2. The number of rotatable bonds is 6. The van der Waals surface area contributed by atoms with Crippen LogP contribution in [0.2, 0.25) is 4.34 Å². The van der Waals surface area contributed by atoms with E-state index in [0.717, 1.165) is 32.7 Å². The number of pyridine rings is 1. The molecule has 1 aliphatic rings. The molecule has 1 amide bonds. The van der Waals surface area contributed by atoms with E-state index in [0.29, 0.717) is 22.3 Å². The molecule has 5 rings (SSSR count). The Kier molecular flexibility index (Phi) is 6.43. The lowest BCUT2D eigenvalue weighted by Crippen LogP contribution is -2.47. The standard InChI is InChI=1S/C23H21ClN4O3S3/c1-15-4-2-6-18-21(15)26-23(32-18)27(14-16-9-11-25-12-10-16)22(29)17-5-3-13-28(17)34(30,31)20-8-7-19(24)33-20/h2,4,6-12,17H,3,5,13-14H2,1H3. The number of sulfonamides is 1. The van der Waals surface area contributed by atoms with Gasteiger partial charge in [-0.05, 0) is 61.2 Å². The lowest BCUT2D eigenvalue weighted by Gasteiger charge is -2.28. The Bertz CT molecular complexity index is 1450. The summed E-state index contributed by atoms with van der Waals surface area (Å²) in [5.74, 6) is -0.280. The van der Waals surface area contributed by atoms with Gasteiger partial charge in [-0.25, -0.2) is 13.4 Å². The SMILES string of the molecule is Cc1cccc2sc(N(Cc3ccncc3)C(=O)C3CCCN3S(=O)(=O)c3ccc(Cl)s3)nc12. The first kappa shape index (κ1) is 23.4. The molecule has 3 aromatic heterocycles. The van der Waals surface area contributed by atoms with Crippen molar-refractivity contribution in [1.29, 1.82) is 0 Å². The van der Waals surface area contributed by atoms with E-state index in [4.69, 9.17) is 16.6 Å². The molecule has 0 radical (unpaired) electrons. The predicted octanol–water partition coefficient (Wildman–Crippen LogP) is 5.10. The Hall–Kier alpha value is -2.37. The van der Waals surface area contributed by atoms with E-state index in [1.54, 1.807) is 23.4 Å². The summed E-state index contributed by atoms with van der Waals surface area (Å²) < 4.78 is 29.5. The van der Waals surface area contributed by atoms with Gasteiger partial charge in [0, 0.05) is 18.9 Å². The third-order valence-corrected chi connectivity index (χ3v) is 10.4. The highest BCUT2D eigenvalue weighted by Crippen LogP contribution is 2.36. The van der Waals surface area contributed by atoms with Gasteiger partial charge in [0.25, 0.3) is 10.0 Å². The van der Waals surface area contributed by atoms with E-state index in [9.17, 15) is 13.2 Å². The molecule has 1 aromatic carbocycles. The van der Waals surface area contributed by atoms with Crippen LogP contribution >= 0.6 is 34.3 Å². The molecule has 34 heavy (non-hydrogen) atoms. The Morgan fingerprint density at radius 1 is 1.18 bits per heavy atom. The smallest absolute Gasteiger partial charge is 0.253 e. The average Bonchev–Trinajstić information content (AvgIpc) is 3.57. The number of thiophene rings is 1. The Morgan fingerprint density at radius 3 is 2.68 bits per heavy atom. The number of fused-ring (bicyclic) bond motifs is 1. The third kappa shape index (κ3) is 4.36. The van der Waals surface area contributed by atoms with Crippen LogP contribution in [0.4, 0.5) is 5.13 Å². The lowest BCUT2D eigenvalue weighted by molar-refractivity contribution is -0.121. The number of halogens is 1. The van der Waals surface area contributed by atoms with Crippen LogP contribution in [0.15, 0.2) is 59.1 Å². The minimum Gasteiger partial charge on any atom is -0.282 e. The third-order valence-electron chi connectivity index (χ3n) is 5.80. The number of carbonyl (C=O) groups is 1. The van der Waals surface area contributed by atoms with Crippen LogP contribution in [0.3, 0.4) is 0 Å². The van der Waals surface area contributed by atoms with E-state index in [2.05, 4.69) is 4.98 Å². The van der Waals surface area contributed by atoms with Crippen molar-refractivity contribution in [3.63, 3.8) is 0 Å². The van der Waals surface area contributed by atoms with E-state index >= 15 is 0 Å². The van der Waals surface area contributed by atoms with Crippen LogP contribution in [0.5, 0.6) is 0 Å². The van der Waals surface area contributed by atoms with Gasteiger partial charge in [-0.15, -0.1) is 11.3 Å². The summed E-state index contributed by atoms with van der Waals surface area (Å²) in [6, 6.07) is 11.9. The highest BCUT2D eigenvalue weighted by Gasteiger charge is 2.42. The summed E-state index contributed by atoms with van der Waals surface area (Å²) >= 11 is 8.42. The number of benzene rings is 1. The summed E-state index contributed by atoms with van der Waals surface area (Å²) in [4.78, 5) is 24.4. The molecule has 1 aliphatic heterocycles. The van der Waals surface area contributed by atoms with E-state index in [1.165, 1.54) is 21.7 Å². The molecule has 11 heteroatoms. The summed E-state index contributed by atoms with van der Waals surface area (Å²) in [7, 11) is -3.84. The Morgan fingerprint density at radius 2 is 1.97 bits per heavy atom. The highest BCUT2D eigenvalue weighted by molar-refractivity contribution is 7.91. The minimum absolute atomic E-state index is 0.147. The van der Waals surface area contributed by atoms with Gasteiger partial charge in [0.05, 0.1) is 21.1 Å². The molecule has 1 fully saturated rings. The summed E-state index contributed by atoms with van der Waals surface area (Å²) in [5, 5.41) is 0.550. The number of carbonyl (C=O) groups excluding carboxylic acids is 1. The van der Waals surface area contributed by atoms with Crippen molar-refractivity contribution >= 4 is 65.6 Å². The first-order valence-electron chi connectivity index (χ1n) is 10.7. The van der Waals surface area contributed by atoms with Crippen LogP contribution in [-0.2, 0) is 21.4 Å². The van der Waals surface area contributed by atoms with Crippen molar-refractivity contribution in [2.45, 2.75) is 36.6 Å². The van der Waals surface area contributed by atoms with Crippen LogP contribution in [-0.4, -0.2) is 41.2 Å². The second-order valence-electron chi connectivity index (χ2n) is 8.03. The van der Waals surface area contributed by atoms with E-state index < -0.39 is 16.1 Å². The lowest BCUT2D eigenvalue weighted by atomic mass is 10.2. The number of hydrogen-bond acceptors (Lipinski definition) is 7. The number of para-hydroxylation sites is 1. The number of aromatic nitrogens is 2. The van der Waals surface area contributed by atoms with Crippen LogP contribution < -0.4 is 4.90 Å². The molecule has 4 heterocycles. The monoisotopic (exact) mass is 532 g/mol. The fraction of sp³-hybridized carbons (Fsp3) is 0.261. The van der Waals surface area contributed by atoms with Crippen molar-refractivity contribution in [2.24, 2.45) is 0 Å². The zero-order chi connectivity index (χ0) is 23.9. The molecular formula is C23H21ClN4O3S3. The molecule has 7 nitrogen and oxygen atoms in total. The van der Waals surface area contributed by atoms with Gasteiger partial charge in [0.2, 0.25) is 5.91 Å². The topological polar surface area (TPSA) is 83.5 Å². The van der Waals surface area contributed by atoms with Crippen molar-refractivity contribution < 1.29 is 13.2 Å². The first-order chi connectivity index (χ1) is 16.3. The average molecular weight is 533 g/mol. The maximum absolute atomic E-state index is 14.0. The highest BCUT2D eigenvalue weighted by atomic mass is 35.5. The van der Waals surface area contributed by atoms with Gasteiger partial charge in [-0.1, -0.05) is 35.1 Å². The van der Waals surface area contributed by atoms with Gasteiger partial charge in [0.15, 0.2) is 5.13 Å². The van der Waals surface area contributed by atoms with Crippen molar-refractivity contribution in [3.05, 3.63) is 70.3 Å². The molecule has 0 spiro atoms. The normalized spacial score (nSPS) is 16.8. The van der Waals surface area contributed by atoms with Gasteiger partial charge in [-0.2, -0.15) is 4.31 Å². The van der Waals surface area contributed by atoms with E-state index in [-0.39, 0.29) is 23.2 Å². The molecule has 1 atom stereocenters. The molecule has 0 N–H and O–H groups in total. The fourth-order valence-electron chi connectivity index (χ4n) is 4.11. The van der Waals surface area contributed by atoms with Gasteiger partial charge >= 0.3 is 0 Å². The van der Waals surface area contributed by atoms with Gasteiger partial charge < -0.3 is 0 Å². The largest absolute Gasteiger partial charge is 0.282 e. The quantitative estimate of drug-likeness (QED) is 0.345. The fourth-order valence-corrected chi connectivity index (χ4v) is 8.42. The first-order valence-corrected chi connectivity index (χ1v) is 14.1. The number of anilines is 1. The number of amides is 1. The maximum Gasteiger partial charge on any atom is 0.253 e.